The number of ether oxygens (including phenoxy) is 1. The zero-order chi connectivity index (χ0) is 27.9. The number of primary amides is 1. The fraction of sp³-hybridized carbons (Fsp3) is 0.520. The number of nitrogens with zero attached hydrogens (tertiary/aromatic N) is 3. The smallest absolute Gasteiger partial charge is 0.445 e. The SMILES string of the molecule is C=C1NC(=O)C(C)N(O)C(=O)C(CC(N)=O)N(C)C(=O)C(C)OC(=O)C2=[N+](CC(C)C2)C1=O.CSC.[CH3-].[CH3-].[CH3-].[Cs+].[Cs+].[Cs+]. The van der Waals surface area contributed by atoms with Crippen LogP contribution < -0.4 is 218 Å². The topological polar surface area (TPSA) is 179 Å². The number of thioether (sulfide) groups is 1. The van der Waals surface area contributed by atoms with Gasteiger partial charge in [-0.1, -0.05) is 13.5 Å². The first-order chi connectivity index (χ1) is 16.7. The number of rotatable bonds is 2. The molecule has 0 saturated heterocycles. The molecule has 0 radical (unpaired) electrons. The van der Waals surface area contributed by atoms with Gasteiger partial charge >= 0.3 is 219 Å². The molecule has 0 fully saturated rings. The van der Waals surface area contributed by atoms with Crippen LogP contribution >= 0.6 is 11.8 Å². The molecule has 224 valence electrons. The van der Waals surface area contributed by atoms with Gasteiger partial charge in [-0.2, -0.15) is 16.3 Å². The molecule has 0 spiro atoms. The largest absolute Gasteiger partial charge is 1.00 e. The summed E-state index contributed by atoms with van der Waals surface area (Å²) < 4.78 is 6.34. The van der Waals surface area contributed by atoms with Gasteiger partial charge in [0.1, 0.15) is 12.1 Å². The standard InChI is InChI=1S/C20H27N5O8.C2H6S.3CH3.3Cs/c1-9-6-14-20(31)33-12(4)18(29)23(5)13(7-15(21)26)19(30)25(32)11(3)16(27)22-10(2)17(28)24(14)8-9;1-3-2;;;;;;/h9,11-13,32H,2,6-8H2,1,3-5H3,(H2-,21,22,26,27);1-2H3;3*1H3;;;/q;;3*-1;3*+1/p+1. The van der Waals surface area contributed by atoms with Crippen molar-refractivity contribution in [3.8, 4) is 0 Å². The molecule has 0 aliphatic carbocycles. The Hall–Kier alpha value is 2.90. The molecule has 42 heavy (non-hydrogen) atoms. The van der Waals surface area contributed by atoms with Gasteiger partial charge < -0.3 is 43.0 Å². The van der Waals surface area contributed by atoms with Crippen LogP contribution in [-0.2, 0) is 33.5 Å². The molecule has 0 bridgehead atoms. The maximum Gasteiger partial charge on any atom is 1.00 e. The van der Waals surface area contributed by atoms with E-state index in [0.29, 0.717) is 0 Å². The Labute approximate surface area is 431 Å². The predicted molar refractivity (Wildman–Crippen MR) is 149 cm³/mol. The van der Waals surface area contributed by atoms with E-state index in [9.17, 15) is 34.0 Å². The van der Waals surface area contributed by atoms with Crippen LogP contribution in [0.2, 0.25) is 0 Å². The summed E-state index contributed by atoms with van der Waals surface area (Å²) in [4.78, 5) is 76.1. The van der Waals surface area contributed by atoms with Crippen LogP contribution in [0.15, 0.2) is 12.3 Å². The molecule has 13 nitrogen and oxygen atoms in total. The Morgan fingerprint density at radius 2 is 1.55 bits per heavy atom. The average Bonchev–Trinajstić information content (AvgIpc) is 3.20. The Morgan fingerprint density at radius 3 is 2.00 bits per heavy atom. The molecule has 4 atom stereocenters. The molecule has 5 amide bonds. The van der Waals surface area contributed by atoms with Gasteiger partial charge in [0.05, 0.1) is 6.42 Å². The summed E-state index contributed by atoms with van der Waals surface area (Å²) >= 11 is 1.75. The first-order valence-corrected chi connectivity index (χ1v) is 12.7. The number of nitrogens with two attached hydrogens (primary N) is 1. The summed E-state index contributed by atoms with van der Waals surface area (Å²) in [7, 11) is 1.16. The van der Waals surface area contributed by atoms with E-state index < -0.39 is 65.8 Å². The summed E-state index contributed by atoms with van der Waals surface area (Å²) in [5, 5.41) is 12.6. The summed E-state index contributed by atoms with van der Waals surface area (Å²) in [6, 6.07) is -3.11. The molecule has 4 unspecified atom stereocenters. The van der Waals surface area contributed by atoms with Crippen molar-refractivity contribution in [1.82, 2.24) is 15.3 Å². The Kier molecular flexibility index (Phi) is 37.9. The number of amides is 5. The zero-order valence-corrected chi connectivity index (χ0v) is 46.9. The normalized spacial score (nSPS) is 22.6. The van der Waals surface area contributed by atoms with E-state index in [1.54, 1.807) is 18.7 Å². The third-order valence-corrected chi connectivity index (χ3v) is 5.47. The Balaban J connectivity index is -0.000000345. The van der Waals surface area contributed by atoms with Crippen LogP contribution in [0.3, 0.4) is 0 Å². The fourth-order valence-electron chi connectivity index (χ4n) is 3.55. The molecule has 0 aromatic heterocycles. The van der Waals surface area contributed by atoms with E-state index in [2.05, 4.69) is 11.9 Å². The van der Waals surface area contributed by atoms with Crippen molar-refractivity contribution in [3.05, 3.63) is 34.6 Å². The molecule has 0 aromatic carbocycles. The van der Waals surface area contributed by atoms with Crippen molar-refractivity contribution < 1.29 is 250 Å². The predicted octanol–water partition coefficient (Wildman–Crippen LogP) is -8.77. The third kappa shape index (κ3) is 16.8. The number of hydroxylamine groups is 2. The number of esters is 1. The quantitative estimate of drug-likeness (QED) is 0.0798. The van der Waals surface area contributed by atoms with Crippen molar-refractivity contribution in [2.45, 2.75) is 51.8 Å². The molecule has 0 saturated carbocycles. The van der Waals surface area contributed by atoms with E-state index in [4.69, 9.17) is 10.5 Å². The molecular weight excluding hydrogens is 929 g/mol. The maximum atomic E-state index is 12.9. The van der Waals surface area contributed by atoms with Crippen molar-refractivity contribution in [1.29, 1.82) is 0 Å². The fourth-order valence-corrected chi connectivity index (χ4v) is 3.55. The van der Waals surface area contributed by atoms with Gasteiger partial charge in [0.2, 0.25) is 11.8 Å². The maximum absolute atomic E-state index is 12.9. The number of carbonyl (C=O) groups is 6. The van der Waals surface area contributed by atoms with Crippen LogP contribution in [-0.4, -0.2) is 105 Å². The molecule has 0 aromatic rings. The number of cyclic esters (lactones) is 1. The first-order valence-electron chi connectivity index (χ1n) is 11.0. The van der Waals surface area contributed by atoms with E-state index in [1.807, 2.05) is 12.5 Å². The molecule has 2 aliphatic heterocycles. The number of nitrogens with one attached hydrogen (secondary N) is 1. The van der Waals surface area contributed by atoms with Gasteiger partial charge in [-0.25, -0.2) is 14.7 Å². The van der Waals surface area contributed by atoms with Gasteiger partial charge in [0.15, 0.2) is 18.3 Å². The molecule has 2 rings (SSSR count). The monoisotopic (exact) mass is 972 g/mol. The second kappa shape index (κ2) is 27.8. The molecule has 2 heterocycles. The summed E-state index contributed by atoms with van der Waals surface area (Å²) in [6.07, 6.45) is 2.20. The summed E-state index contributed by atoms with van der Waals surface area (Å²) in [6.45, 7) is 7.90. The minimum atomic E-state index is -1.58. The second-order valence-corrected chi connectivity index (χ2v) is 9.41. The van der Waals surface area contributed by atoms with Gasteiger partial charge in [0.25, 0.3) is 17.5 Å². The van der Waals surface area contributed by atoms with Crippen LogP contribution in [0.5, 0.6) is 0 Å². The molecule has 17 heteroatoms. The van der Waals surface area contributed by atoms with Crippen molar-refractivity contribution in [2.75, 3.05) is 26.1 Å². The minimum Gasteiger partial charge on any atom is -0.445 e. The number of hydrogen-bond donors (Lipinski definition) is 3. The average molecular weight is 972 g/mol. The van der Waals surface area contributed by atoms with E-state index in [-0.39, 0.29) is 259 Å². The van der Waals surface area contributed by atoms with Gasteiger partial charge in [-0.05, 0) is 26.4 Å². The van der Waals surface area contributed by atoms with E-state index in [1.165, 1.54) is 6.92 Å². The molecule has 4 N–H and O–H groups in total. The number of likely N-dealkylation sites (N-methyl/N-ethyl adjacent to an activating group) is 1. The van der Waals surface area contributed by atoms with Crippen LogP contribution in [0.1, 0.15) is 33.6 Å². The van der Waals surface area contributed by atoms with Crippen molar-refractivity contribution in [3.63, 3.8) is 0 Å². The molecular formula is C25H43Cs3N5O8S+. The third-order valence-electron chi connectivity index (χ3n) is 5.47. The van der Waals surface area contributed by atoms with E-state index in [0.717, 1.165) is 23.4 Å². The van der Waals surface area contributed by atoms with Crippen molar-refractivity contribution in [2.24, 2.45) is 11.7 Å². The summed E-state index contributed by atoms with van der Waals surface area (Å²) in [5.74, 6) is -5.76. The number of carbonyl (C=O) groups excluding carboxylic acids is 6. The second-order valence-electron chi connectivity index (χ2n) is 8.59. The van der Waals surface area contributed by atoms with Crippen LogP contribution in [0, 0.1) is 28.2 Å². The van der Waals surface area contributed by atoms with Gasteiger partial charge in [0, 0.05) is 19.4 Å². The minimum absolute atomic E-state index is 0. The zero-order valence-electron chi connectivity index (χ0n) is 27.3. The van der Waals surface area contributed by atoms with Gasteiger partial charge in [-0.3, -0.25) is 24.4 Å². The Morgan fingerprint density at radius 1 is 1.07 bits per heavy atom. The van der Waals surface area contributed by atoms with Crippen molar-refractivity contribution >= 4 is 53.0 Å². The van der Waals surface area contributed by atoms with E-state index >= 15 is 0 Å². The summed E-state index contributed by atoms with van der Waals surface area (Å²) in [5.41, 5.74) is 4.79. The number of hydrogen-bond acceptors (Lipinski definition) is 9. The first kappa shape index (κ1) is 57.2. The van der Waals surface area contributed by atoms with Crippen LogP contribution in [0.4, 0.5) is 0 Å². The Bertz CT molecular complexity index is 999. The van der Waals surface area contributed by atoms with Gasteiger partial charge in [-0.15, -0.1) is 0 Å². The molecule has 2 aliphatic rings. The van der Waals surface area contributed by atoms with Crippen LogP contribution in [0.25, 0.3) is 0 Å².